The van der Waals surface area contributed by atoms with Gasteiger partial charge in [0.25, 0.3) is 0 Å². The van der Waals surface area contributed by atoms with Gasteiger partial charge in [-0.2, -0.15) is 0 Å². The fraction of sp³-hybridized carbons (Fsp3) is 0.385. The Hall–Kier alpha value is -2.08. The van der Waals surface area contributed by atoms with Crippen LogP contribution < -0.4 is 11.3 Å². The monoisotopic (exact) mass is 265 g/mol. The predicted molar refractivity (Wildman–Crippen MR) is 70.9 cm³/mol. The maximum atomic E-state index is 11.6. The van der Waals surface area contributed by atoms with Crippen LogP contribution in [-0.4, -0.2) is 31.0 Å². The molecule has 0 saturated heterocycles. The van der Waals surface area contributed by atoms with E-state index < -0.39 is 12.2 Å². The fourth-order valence-electron chi connectivity index (χ4n) is 1.60. The van der Waals surface area contributed by atoms with Gasteiger partial charge in [0, 0.05) is 20.5 Å². The summed E-state index contributed by atoms with van der Waals surface area (Å²) < 4.78 is 5.17. The third kappa shape index (κ3) is 4.97. The normalized spacial score (nSPS) is 11.5. The number of nitrogens with zero attached hydrogens (tertiary/aromatic N) is 1. The summed E-state index contributed by atoms with van der Waals surface area (Å²) in [5, 5.41) is 0. The van der Waals surface area contributed by atoms with Gasteiger partial charge in [-0.05, 0) is 12.0 Å². The number of nitrogens with one attached hydrogen (secondary N) is 1. The van der Waals surface area contributed by atoms with Crippen molar-refractivity contribution >= 4 is 12.0 Å². The Kier molecular flexibility index (Phi) is 5.81. The minimum absolute atomic E-state index is 0.0160. The first kappa shape index (κ1) is 15.0. The van der Waals surface area contributed by atoms with E-state index in [-0.39, 0.29) is 5.91 Å². The van der Waals surface area contributed by atoms with Crippen molar-refractivity contribution in [3.8, 4) is 0 Å². The van der Waals surface area contributed by atoms with Crippen LogP contribution in [0.4, 0.5) is 4.79 Å². The van der Waals surface area contributed by atoms with Crippen LogP contribution in [0.2, 0.25) is 0 Å². The van der Waals surface area contributed by atoms with Gasteiger partial charge in [-0.1, -0.05) is 30.3 Å². The molecular weight excluding hydrogens is 246 g/mol. The quantitative estimate of drug-likeness (QED) is 0.476. The highest BCUT2D eigenvalue weighted by Crippen LogP contribution is 2.23. The van der Waals surface area contributed by atoms with Crippen LogP contribution in [0.1, 0.15) is 24.5 Å². The zero-order valence-corrected chi connectivity index (χ0v) is 11.1. The molecule has 2 amide bonds. The average molecular weight is 265 g/mol. The van der Waals surface area contributed by atoms with Gasteiger partial charge < -0.3 is 9.64 Å². The van der Waals surface area contributed by atoms with Crippen molar-refractivity contribution in [1.29, 1.82) is 0 Å². The maximum Gasteiger partial charge on any atom is 0.422 e. The van der Waals surface area contributed by atoms with E-state index in [2.05, 4.69) is 0 Å². The molecule has 1 aromatic rings. The number of nitrogens with two attached hydrogens (primary N) is 1. The summed E-state index contributed by atoms with van der Waals surface area (Å²) in [7, 11) is 3.38. The molecule has 3 N–H and O–H groups in total. The van der Waals surface area contributed by atoms with Gasteiger partial charge in [-0.25, -0.2) is 10.6 Å². The summed E-state index contributed by atoms with van der Waals surface area (Å²) in [6.45, 7) is 0. The summed E-state index contributed by atoms with van der Waals surface area (Å²) in [5.74, 6) is 4.99. The largest absolute Gasteiger partial charge is 0.440 e. The molecule has 0 fully saturated rings. The average Bonchev–Trinajstić information content (AvgIpc) is 2.43. The second kappa shape index (κ2) is 7.38. The summed E-state index contributed by atoms with van der Waals surface area (Å²) in [5.41, 5.74) is 2.75. The van der Waals surface area contributed by atoms with Crippen LogP contribution in [0.5, 0.6) is 0 Å². The van der Waals surface area contributed by atoms with E-state index >= 15 is 0 Å². The SMILES string of the molecule is CN(C)C(=O)CCC(OC(=O)NN)c1ccccc1. The molecular formula is C13H19N3O3. The third-order valence-electron chi connectivity index (χ3n) is 2.66. The summed E-state index contributed by atoms with van der Waals surface area (Å²) in [6.07, 6.45) is -0.501. The highest BCUT2D eigenvalue weighted by molar-refractivity contribution is 5.75. The summed E-state index contributed by atoms with van der Waals surface area (Å²) in [6, 6.07) is 9.25. The van der Waals surface area contributed by atoms with Crippen LogP contribution in [0, 0.1) is 0 Å². The topological polar surface area (TPSA) is 84.7 Å². The smallest absolute Gasteiger partial charge is 0.422 e. The first-order chi connectivity index (χ1) is 9.04. The van der Waals surface area contributed by atoms with Gasteiger partial charge in [0.05, 0.1) is 0 Å². The number of amides is 2. The molecule has 1 unspecified atom stereocenters. The van der Waals surface area contributed by atoms with E-state index in [0.29, 0.717) is 12.8 Å². The number of benzene rings is 1. The van der Waals surface area contributed by atoms with Gasteiger partial charge in [-0.15, -0.1) is 0 Å². The molecule has 0 bridgehead atoms. The standard InChI is InChI=1S/C13H19N3O3/c1-16(2)12(17)9-8-11(19-13(18)15-14)10-6-4-3-5-7-10/h3-7,11H,8-9,14H2,1-2H3,(H,15,18). The minimum Gasteiger partial charge on any atom is -0.440 e. The van der Waals surface area contributed by atoms with Gasteiger partial charge in [0.1, 0.15) is 6.10 Å². The molecule has 0 aliphatic heterocycles. The Morgan fingerprint density at radius 2 is 1.95 bits per heavy atom. The molecule has 0 radical (unpaired) electrons. The van der Waals surface area contributed by atoms with E-state index in [1.807, 2.05) is 35.8 Å². The number of carbonyl (C=O) groups is 2. The van der Waals surface area contributed by atoms with Crippen molar-refractivity contribution in [2.75, 3.05) is 14.1 Å². The lowest BCUT2D eigenvalue weighted by molar-refractivity contribution is -0.129. The minimum atomic E-state index is -0.717. The molecule has 0 saturated carbocycles. The van der Waals surface area contributed by atoms with Crippen molar-refractivity contribution in [1.82, 2.24) is 10.3 Å². The van der Waals surface area contributed by atoms with Crippen molar-refractivity contribution in [3.63, 3.8) is 0 Å². The van der Waals surface area contributed by atoms with E-state index in [0.717, 1.165) is 5.56 Å². The number of hydrogen-bond donors (Lipinski definition) is 2. The lowest BCUT2D eigenvalue weighted by Gasteiger charge is -2.18. The lowest BCUT2D eigenvalue weighted by Crippen LogP contribution is -2.32. The molecule has 0 spiro atoms. The van der Waals surface area contributed by atoms with E-state index in [9.17, 15) is 9.59 Å². The lowest BCUT2D eigenvalue weighted by atomic mass is 10.0. The van der Waals surface area contributed by atoms with E-state index in [1.165, 1.54) is 4.90 Å². The third-order valence-corrected chi connectivity index (χ3v) is 2.66. The fourth-order valence-corrected chi connectivity index (χ4v) is 1.60. The molecule has 19 heavy (non-hydrogen) atoms. The van der Waals surface area contributed by atoms with Crippen LogP contribution in [-0.2, 0) is 9.53 Å². The van der Waals surface area contributed by atoms with E-state index in [1.54, 1.807) is 14.1 Å². The van der Waals surface area contributed by atoms with Crippen molar-refractivity contribution in [2.24, 2.45) is 5.84 Å². The number of rotatable bonds is 5. The molecule has 0 aliphatic rings. The van der Waals surface area contributed by atoms with E-state index in [4.69, 9.17) is 10.6 Å². The van der Waals surface area contributed by atoms with Gasteiger partial charge in [0.15, 0.2) is 0 Å². The van der Waals surface area contributed by atoms with Crippen LogP contribution in [0.3, 0.4) is 0 Å². The predicted octanol–water partition coefficient (Wildman–Crippen LogP) is 1.20. The molecule has 6 nitrogen and oxygen atoms in total. The first-order valence-corrected chi connectivity index (χ1v) is 5.97. The van der Waals surface area contributed by atoms with Gasteiger partial charge in [0.2, 0.25) is 5.91 Å². The van der Waals surface area contributed by atoms with Gasteiger partial charge >= 0.3 is 6.09 Å². The summed E-state index contributed by atoms with van der Waals surface area (Å²) in [4.78, 5) is 24.3. The van der Waals surface area contributed by atoms with Crippen molar-refractivity contribution in [3.05, 3.63) is 35.9 Å². The Balaban J connectivity index is 2.70. The first-order valence-electron chi connectivity index (χ1n) is 5.97. The molecule has 1 aromatic carbocycles. The zero-order valence-electron chi connectivity index (χ0n) is 11.1. The number of hydrogen-bond acceptors (Lipinski definition) is 4. The molecule has 0 aliphatic carbocycles. The number of carbonyl (C=O) groups excluding carboxylic acids is 2. The molecule has 1 atom stereocenters. The van der Waals surface area contributed by atoms with Crippen molar-refractivity contribution in [2.45, 2.75) is 18.9 Å². The highest BCUT2D eigenvalue weighted by atomic mass is 16.6. The Morgan fingerprint density at radius 3 is 2.47 bits per heavy atom. The Labute approximate surface area is 112 Å². The molecule has 0 aromatic heterocycles. The number of hydrazine groups is 1. The highest BCUT2D eigenvalue weighted by Gasteiger charge is 2.18. The second-order valence-electron chi connectivity index (χ2n) is 4.28. The maximum absolute atomic E-state index is 11.6. The van der Waals surface area contributed by atoms with Crippen LogP contribution in [0.25, 0.3) is 0 Å². The number of ether oxygens (including phenoxy) is 1. The van der Waals surface area contributed by atoms with Gasteiger partial charge in [-0.3, -0.25) is 10.2 Å². The van der Waals surface area contributed by atoms with Crippen molar-refractivity contribution < 1.29 is 14.3 Å². The Bertz CT molecular complexity index is 420. The molecule has 6 heteroatoms. The van der Waals surface area contributed by atoms with Crippen LogP contribution in [0.15, 0.2) is 30.3 Å². The molecule has 1 rings (SSSR count). The Morgan fingerprint density at radius 1 is 1.32 bits per heavy atom. The van der Waals surface area contributed by atoms with Crippen LogP contribution >= 0.6 is 0 Å². The molecule has 0 heterocycles. The second-order valence-corrected chi connectivity index (χ2v) is 4.28. The molecule has 104 valence electrons. The zero-order chi connectivity index (χ0) is 14.3. The summed E-state index contributed by atoms with van der Waals surface area (Å²) >= 11 is 0.